The fourth-order valence-electron chi connectivity index (χ4n) is 2.29. The molecule has 27 heavy (non-hydrogen) atoms. The van der Waals surface area contributed by atoms with Crippen molar-refractivity contribution in [2.45, 2.75) is 26.2 Å². The number of carbonyl (C=O) groups excluding carboxylic acids is 3. The van der Waals surface area contributed by atoms with Crippen molar-refractivity contribution in [3.8, 4) is 5.75 Å². The van der Waals surface area contributed by atoms with Gasteiger partial charge in [0, 0.05) is 11.4 Å². The Morgan fingerprint density at radius 3 is 2.56 bits per heavy atom. The first kappa shape index (κ1) is 20.5. The Bertz CT molecular complexity index is 818. The standard InChI is InChI=1S/C20H19ClO6/c1-2-25-19(23)15-9-5-10-16(13-15)26-20(24)27-18(22)12-6-8-14-7-3-4-11-17(14)21/h3-5,7,9-11,13H,2,6,8,12H2,1H3. The topological polar surface area (TPSA) is 78.9 Å². The SMILES string of the molecule is CCOC(=O)c1cccc(OC(=O)OC(=O)CCCc2ccccc2Cl)c1. The van der Waals surface area contributed by atoms with Crippen LogP contribution in [0.25, 0.3) is 0 Å². The molecule has 2 rings (SSSR count). The molecule has 0 aliphatic rings. The van der Waals surface area contributed by atoms with Crippen molar-refractivity contribution < 1.29 is 28.6 Å². The van der Waals surface area contributed by atoms with E-state index in [0.29, 0.717) is 17.9 Å². The molecule has 0 heterocycles. The summed E-state index contributed by atoms with van der Waals surface area (Å²) in [5, 5.41) is 0.631. The first-order chi connectivity index (χ1) is 13.0. The van der Waals surface area contributed by atoms with E-state index in [2.05, 4.69) is 4.74 Å². The summed E-state index contributed by atoms with van der Waals surface area (Å²) in [6.45, 7) is 1.92. The molecule has 0 N–H and O–H groups in total. The highest BCUT2D eigenvalue weighted by Crippen LogP contribution is 2.18. The molecule has 7 heteroatoms. The minimum absolute atomic E-state index is 0.0448. The van der Waals surface area contributed by atoms with Gasteiger partial charge in [-0.15, -0.1) is 0 Å². The molecular formula is C20H19ClO6. The Hall–Kier alpha value is -2.86. The normalized spacial score (nSPS) is 10.1. The third-order valence-corrected chi connectivity index (χ3v) is 3.90. The van der Waals surface area contributed by atoms with Gasteiger partial charge in [0.05, 0.1) is 12.2 Å². The van der Waals surface area contributed by atoms with Crippen molar-refractivity contribution in [1.82, 2.24) is 0 Å². The highest BCUT2D eigenvalue weighted by Gasteiger charge is 2.14. The first-order valence-electron chi connectivity index (χ1n) is 8.42. The maximum atomic E-state index is 11.7. The maximum absolute atomic E-state index is 11.7. The average Bonchev–Trinajstić information content (AvgIpc) is 2.63. The van der Waals surface area contributed by atoms with Crippen molar-refractivity contribution in [2.24, 2.45) is 0 Å². The van der Waals surface area contributed by atoms with Crippen LogP contribution < -0.4 is 4.74 Å². The minimum atomic E-state index is -1.15. The van der Waals surface area contributed by atoms with Crippen LogP contribution in [0.4, 0.5) is 4.79 Å². The van der Waals surface area contributed by atoms with Crippen molar-refractivity contribution in [3.05, 3.63) is 64.7 Å². The van der Waals surface area contributed by atoms with Gasteiger partial charge in [-0.1, -0.05) is 35.9 Å². The zero-order valence-electron chi connectivity index (χ0n) is 14.8. The number of esters is 2. The van der Waals surface area contributed by atoms with Crippen LogP contribution in [0.5, 0.6) is 5.75 Å². The Labute approximate surface area is 162 Å². The molecule has 0 saturated carbocycles. The minimum Gasteiger partial charge on any atom is -0.462 e. The fourth-order valence-corrected chi connectivity index (χ4v) is 2.52. The lowest BCUT2D eigenvalue weighted by molar-refractivity contribution is -0.138. The van der Waals surface area contributed by atoms with Crippen LogP contribution in [0.15, 0.2) is 48.5 Å². The second kappa shape index (κ2) is 10.3. The second-order valence-electron chi connectivity index (χ2n) is 5.52. The lowest BCUT2D eigenvalue weighted by Crippen LogP contribution is -2.16. The van der Waals surface area contributed by atoms with E-state index in [0.717, 1.165) is 5.56 Å². The second-order valence-corrected chi connectivity index (χ2v) is 5.93. The van der Waals surface area contributed by atoms with E-state index in [1.165, 1.54) is 24.3 Å². The highest BCUT2D eigenvalue weighted by atomic mass is 35.5. The number of carbonyl (C=O) groups is 3. The third-order valence-electron chi connectivity index (χ3n) is 3.53. The number of hydrogen-bond donors (Lipinski definition) is 0. The quantitative estimate of drug-likeness (QED) is 0.391. The van der Waals surface area contributed by atoms with Gasteiger partial charge in [-0.3, -0.25) is 4.79 Å². The van der Waals surface area contributed by atoms with Crippen LogP contribution in [0, 0.1) is 0 Å². The molecule has 0 aliphatic carbocycles. The van der Waals surface area contributed by atoms with Gasteiger partial charge in [0.15, 0.2) is 0 Å². The monoisotopic (exact) mass is 390 g/mol. The summed E-state index contributed by atoms with van der Waals surface area (Å²) >= 11 is 6.05. The summed E-state index contributed by atoms with van der Waals surface area (Å²) in [5.74, 6) is -1.16. The molecule has 0 bridgehead atoms. The molecule has 0 saturated heterocycles. The van der Waals surface area contributed by atoms with Crippen LogP contribution in [-0.2, 0) is 20.7 Å². The average molecular weight is 391 g/mol. The van der Waals surface area contributed by atoms with E-state index in [4.69, 9.17) is 21.1 Å². The van der Waals surface area contributed by atoms with Gasteiger partial charge in [0.25, 0.3) is 0 Å². The van der Waals surface area contributed by atoms with Crippen LogP contribution in [0.2, 0.25) is 5.02 Å². The van der Waals surface area contributed by atoms with Crippen molar-refractivity contribution >= 4 is 29.7 Å². The van der Waals surface area contributed by atoms with Gasteiger partial charge in [-0.25, -0.2) is 9.59 Å². The van der Waals surface area contributed by atoms with Gasteiger partial charge in [0.1, 0.15) is 5.75 Å². The summed E-state index contributed by atoms with van der Waals surface area (Å²) in [5.41, 5.74) is 1.15. The molecule has 142 valence electrons. The molecule has 2 aromatic carbocycles. The van der Waals surface area contributed by atoms with Crippen molar-refractivity contribution in [3.63, 3.8) is 0 Å². The van der Waals surface area contributed by atoms with Crippen LogP contribution in [-0.4, -0.2) is 24.7 Å². The number of aryl methyl sites for hydroxylation is 1. The molecule has 0 radical (unpaired) electrons. The molecule has 0 aromatic heterocycles. The zero-order chi connectivity index (χ0) is 19.6. The highest BCUT2D eigenvalue weighted by molar-refractivity contribution is 6.31. The molecule has 6 nitrogen and oxygen atoms in total. The molecule has 0 amide bonds. The summed E-state index contributed by atoms with van der Waals surface area (Å²) in [6, 6.07) is 13.2. The molecule has 0 spiro atoms. The molecule has 2 aromatic rings. The summed E-state index contributed by atoms with van der Waals surface area (Å²) in [4.78, 5) is 35.1. The number of benzene rings is 2. The van der Waals surface area contributed by atoms with E-state index >= 15 is 0 Å². The summed E-state index contributed by atoms with van der Waals surface area (Å²) in [6.07, 6.45) is -0.0401. The zero-order valence-corrected chi connectivity index (χ0v) is 15.5. The Morgan fingerprint density at radius 1 is 1.04 bits per heavy atom. The van der Waals surface area contributed by atoms with E-state index in [9.17, 15) is 14.4 Å². The number of halogens is 1. The predicted molar refractivity (Wildman–Crippen MR) is 98.9 cm³/mol. The summed E-state index contributed by atoms with van der Waals surface area (Å²) in [7, 11) is 0. The van der Waals surface area contributed by atoms with Crippen molar-refractivity contribution in [1.29, 1.82) is 0 Å². The van der Waals surface area contributed by atoms with Crippen LogP contribution in [0.1, 0.15) is 35.7 Å². The molecule has 0 aliphatic heterocycles. The number of ether oxygens (including phenoxy) is 3. The molecular weight excluding hydrogens is 372 g/mol. The molecule has 0 unspecified atom stereocenters. The van der Waals surface area contributed by atoms with Gasteiger partial charge in [0.2, 0.25) is 0 Å². The predicted octanol–water partition coefficient (Wildman–Crippen LogP) is 4.58. The lowest BCUT2D eigenvalue weighted by atomic mass is 10.1. The maximum Gasteiger partial charge on any atom is 0.521 e. The first-order valence-corrected chi connectivity index (χ1v) is 8.80. The van der Waals surface area contributed by atoms with Gasteiger partial charge < -0.3 is 14.2 Å². The number of hydrogen-bond acceptors (Lipinski definition) is 6. The molecule has 0 fully saturated rings. The smallest absolute Gasteiger partial charge is 0.462 e. The fraction of sp³-hybridized carbons (Fsp3) is 0.250. The number of rotatable bonds is 7. The third kappa shape index (κ3) is 6.75. The Morgan fingerprint density at radius 2 is 1.81 bits per heavy atom. The van der Waals surface area contributed by atoms with Crippen molar-refractivity contribution in [2.75, 3.05) is 6.61 Å². The largest absolute Gasteiger partial charge is 0.521 e. The van der Waals surface area contributed by atoms with E-state index in [1.54, 1.807) is 13.0 Å². The van der Waals surface area contributed by atoms with E-state index in [-0.39, 0.29) is 24.3 Å². The molecule has 0 atom stereocenters. The van der Waals surface area contributed by atoms with Crippen LogP contribution >= 0.6 is 11.6 Å². The summed E-state index contributed by atoms with van der Waals surface area (Å²) < 4.78 is 14.4. The van der Waals surface area contributed by atoms with E-state index < -0.39 is 18.1 Å². The van der Waals surface area contributed by atoms with Gasteiger partial charge in [-0.2, -0.15) is 0 Å². The van der Waals surface area contributed by atoms with Gasteiger partial charge in [-0.05, 0) is 49.6 Å². The van der Waals surface area contributed by atoms with Crippen LogP contribution in [0.3, 0.4) is 0 Å². The Balaban J connectivity index is 1.79. The van der Waals surface area contributed by atoms with Gasteiger partial charge >= 0.3 is 18.1 Å². The lowest BCUT2D eigenvalue weighted by Gasteiger charge is -2.07. The Kier molecular flexibility index (Phi) is 7.82. The van der Waals surface area contributed by atoms with E-state index in [1.807, 2.05) is 18.2 Å².